The number of carbonyl (C=O) groups excluding carboxylic acids is 1. The molecule has 0 aliphatic heterocycles. The van der Waals surface area contributed by atoms with Gasteiger partial charge in [0.2, 0.25) is 5.91 Å². The number of hydrogen-bond donors (Lipinski definition) is 1. The second-order valence-corrected chi connectivity index (χ2v) is 4.63. The van der Waals surface area contributed by atoms with Crippen LogP contribution in [0.1, 0.15) is 24.8 Å². The molecule has 17 heavy (non-hydrogen) atoms. The Hall–Kier alpha value is -1.51. The fourth-order valence-corrected chi connectivity index (χ4v) is 1.95. The Bertz CT molecular complexity index is 368. The summed E-state index contributed by atoms with van der Waals surface area (Å²) >= 11 is 0. The zero-order chi connectivity index (χ0) is 12.1. The van der Waals surface area contributed by atoms with Crippen molar-refractivity contribution in [2.24, 2.45) is 5.92 Å². The van der Waals surface area contributed by atoms with Crippen molar-refractivity contribution in [1.29, 1.82) is 0 Å². The summed E-state index contributed by atoms with van der Waals surface area (Å²) < 4.78 is 5.07. The standard InChI is InChI=1S/C14H19NO2/c1-17-13-7-5-11(6-8-13)9-14(16)15-10-12-3-2-4-12/h5-8,12H,2-4,9-10H2,1H3,(H,15,16). The zero-order valence-corrected chi connectivity index (χ0v) is 10.2. The van der Waals surface area contributed by atoms with E-state index in [-0.39, 0.29) is 5.91 Å². The van der Waals surface area contributed by atoms with Gasteiger partial charge >= 0.3 is 0 Å². The van der Waals surface area contributed by atoms with Crippen molar-refractivity contribution >= 4 is 5.91 Å². The van der Waals surface area contributed by atoms with Gasteiger partial charge in [0.1, 0.15) is 5.75 Å². The molecule has 0 unspecified atom stereocenters. The first-order chi connectivity index (χ1) is 8.28. The molecule has 3 nitrogen and oxygen atoms in total. The quantitative estimate of drug-likeness (QED) is 0.846. The molecule has 0 saturated heterocycles. The van der Waals surface area contributed by atoms with E-state index in [0.717, 1.165) is 23.8 Å². The van der Waals surface area contributed by atoms with Gasteiger partial charge in [0.15, 0.2) is 0 Å². The lowest BCUT2D eigenvalue weighted by Gasteiger charge is -2.25. The van der Waals surface area contributed by atoms with Crippen molar-refractivity contribution in [1.82, 2.24) is 5.32 Å². The van der Waals surface area contributed by atoms with Crippen molar-refractivity contribution < 1.29 is 9.53 Å². The van der Waals surface area contributed by atoms with Crippen LogP contribution in [-0.4, -0.2) is 19.6 Å². The molecule has 0 aromatic heterocycles. The van der Waals surface area contributed by atoms with Crippen LogP contribution in [0.5, 0.6) is 5.75 Å². The number of amides is 1. The Morgan fingerprint density at radius 1 is 1.35 bits per heavy atom. The van der Waals surface area contributed by atoms with Crippen LogP contribution in [0, 0.1) is 5.92 Å². The Morgan fingerprint density at radius 2 is 2.06 bits per heavy atom. The predicted molar refractivity (Wildman–Crippen MR) is 67.0 cm³/mol. The maximum Gasteiger partial charge on any atom is 0.224 e. The summed E-state index contributed by atoms with van der Waals surface area (Å²) in [4.78, 5) is 11.7. The molecule has 0 heterocycles. The van der Waals surface area contributed by atoms with Crippen molar-refractivity contribution in [3.63, 3.8) is 0 Å². The Morgan fingerprint density at radius 3 is 2.59 bits per heavy atom. The molecule has 0 atom stereocenters. The van der Waals surface area contributed by atoms with Crippen LogP contribution < -0.4 is 10.1 Å². The van der Waals surface area contributed by atoms with Crippen molar-refractivity contribution in [3.05, 3.63) is 29.8 Å². The van der Waals surface area contributed by atoms with E-state index in [0.29, 0.717) is 6.42 Å². The molecule has 0 radical (unpaired) electrons. The third kappa shape index (κ3) is 3.48. The van der Waals surface area contributed by atoms with E-state index >= 15 is 0 Å². The van der Waals surface area contributed by atoms with Crippen LogP contribution >= 0.6 is 0 Å². The number of carbonyl (C=O) groups is 1. The third-order valence-corrected chi connectivity index (χ3v) is 3.34. The number of methoxy groups -OCH3 is 1. The zero-order valence-electron chi connectivity index (χ0n) is 10.2. The second-order valence-electron chi connectivity index (χ2n) is 4.63. The van der Waals surface area contributed by atoms with Gasteiger partial charge in [0.25, 0.3) is 0 Å². The monoisotopic (exact) mass is 233 g/mol. The normalized spacial score (nSPS) is 15.1. The third-order valence-electron chi connectivity index (χ3n) is 3.34. The first-order valence-electron chi connectivity index (χ1n) is 6.17. The molecule has 1 aliphatic carbocycles. The minimum absolute atomic E-state index is 0.113. The van der Waals surface area contributed by atoms with E-state index in [2.05, 4.69) is 5.32 Å². The van der Waals surface area contributed by atoms with E-state index in [1.54, 1.807) is 7.11 Å². The van der Waals surface area contributed by atoms with Gasteiger partial charge in [-0.3, -0.25) is 4.79 Å². The average molecular weight is 233 g/mol. The first-order valence-corrected chi connectivity index (χ1v) is 6.17. The fourth-order valence-electron chi connectivity index (χ4n) is 1.95. The molecular weight excluding hydrogens is 214 g/mol. The van der Waals surface area contributed by atoms with Gasteiger partial charge in [-0.1, -0.05) is 18.6 Å². The van der Waals surface area contributed by atoms with Crippen LogP contribution in [-0.2, 0) is 11.2 Å². The lowest BCUT2D eigenvalue weighted by Crippen LogP contribution is -2.33. The molecule has 0 spiro atoms. The molecule has 1 N–H and O–H groups in total. The summed E-state index contributed by atoms with van der Waals surface area (Å²) in [5.41, 5.74) is 1.02. The number of hydrogen-bond acceptors (Lipinski definition) is 2. The number of benzene rings is 1. The Labute approximate surface area is 102 Å². The minimum Gasteiger partial charge on any atom is -0.497 e. The molecule has 1 aromatic carbocycles. The van der Waals surface area contributed by atoms with E-state index in [1.165, 1.54) is 19.3 Å². The van der Waals surface area contributed by atoms with Crippen LogP contribution in [0.25, 0.3) is 0 Å². The topological polar surface area (TPSA) is 38.3 Å². The predicted octanol–water partition coefficient (Wildman–Crippen LogP) is 2.15. The highest BCUT2D eigenvalue weighted by Crippen LogP contribution is 2.25. The van der Waals surface area contributed by atoms with Crippen LogP contribution in [0.2, 0.25) is 0 Å². The molecular formula is C14H19NO2. The van der Waals surface area contributed by atoms with Gasteiger partial charge in [0.05, 0.1) is 13.5 Å². The molecule has 2 rings (SSSR count). The highest BCUT2D eigenvalue weighted by Gasteiger charge is 2.17. The van der Waals surface area contributed by atoms with Crippen LogP contribution in [0.4, 0.5) is 0 Å². The molecule has 1 aliphatic rings. The smallest absolute Gasteiger partial charge is 0.224 e. The van der Waals surface area contributed by atoms with Gasteiger partial charge in [-0.05, 0) is 36.5 Å². The van der Waals surface area contributed by atoms with Crippen molar-refractivity contribution in [3.8, 4) is 5.75 Å². The van der Waals surface area contributed by atoms with Gasteiger partial charge in [-0.15, -0.1) is 0 Å². The van der Waals surface area contributed by atoms with Gasteiger partial charge in [0, 0.05) is 6.54 Å². The lowest BCUT2D eigenvalue weighted by atomic mass is 9.85. The van der Waals surface area contributed by atoms with Crippen LogP contribution in [0.3, 0.4) is 0 Å². The maximum atomic E-state index is 11.7. The van der Waals surface area contributed by atoms with Gasteiger partial charge < -0.3 is 10.1 Å². The van der Waals surface area contributed by atoms with E-state index in [4.69, 9.17) is 4.74 Å². The lowest BCUT2D eigenvalue weighted by molar-refractivity contribution is -0.120. The number of nitrogens with one attached hydrogen (secondary N) is 1. The summed E-state index contributed by atoms with van der Waals surface area (Å²) in [6, 6.07) is 7.63. The Balaban J connectivity index is 1.76. The summed E-state index contributed by atoms with van der Waals surface area (Å²) in [6.45, 7) is 0.842. The average Bonchev–Trinajstić information content (AvgIpc) is 2.28. The maximum absolute atomic E-state index is 11.7. The summed E-state index contributed by atoms with van der Waals surface area (Å²) in [5.74, 6) is 1.65. The molecule has 1 saturated carbocycles. The Kier molecular flexibility index (Phi) is 4.02. The van der Waals surface area contributed by atoms with Crippen molar-refractivity contribution in [2.75, 3.05) is 13.7 Å². The molecule has 3 heteroatoms. The summed E-state index contributed by atoms with van der Waals surface area (Å²) in [5, 5.41) is 2.99. The number of ether oxygens (including phenoxy) is 1. The largest absolute Gasteiger partial charge is 0.497 e. The first kappa shape index (κ1) is 12.0. The highest BCUT2D eigenvalue weighted by atomic mass is 16.5. The van der Waals surface area contributed by atoms with Gasteiger partial charge in [-0.2, -0.15) is 0 Å². The molecule has 0 bridgehead atoms. The van der Waals surface area contributed by atoms with Crippen molar-refractivity contribution in [2.45, 2.75) is 25.7 Å². The summed E-state index contributed by atoms with van der Waals surface area (Å²) in [6.07, 6.45) is 4.31. The summed E-state index contributed by atoms with van der Waals surface area (Å²) in [7, 11) is 1.64. The second kappa shape index (κ2) is 5.71. The molecule has 1 amide bonds. The van der Waals surface area contributed by atoms with Crippen LogP contribution in [0.15, 0.2) is 24.3 Å². The minimum atomic E-state index is 0.113. The molecule has 1 aromatic rings. The molecule has 92 valence electrons. The van der Waals surface area contributed by atoms with E-state index < -0.39 is 0 Å². The number of rotatable bonds is 5. The van der Waals surface area contributed by atoms with E-state index in [9.17, 15) is 4.79 Å². The van der Waals surface area contributed by atoms with E-state index in [1.807, 2.05) is 24.3 Å². The highest BCUT2D eigenvalue weighted by molar-refractivity contribution is 5.78. The fraction of sp³-hybridized carbons (Fsp3) is 0.500. The SMILES string of the molecule is COc1ccc(CC(=O)NCC2CCC2)cc1. The van der Waals surface area contributed by atoms with Gasteiger partial charge in [-0.25, -0.2) is 0 Å². The molecule has 1 fully saturated rings.